The molecule has 0 fully saturated rings. The summed E-state index contributed by atoms with van der Waals surface area (Å²) in [5.41, 5.74) is 6.61. The van der Waals surface area contributed by atoms with Gasteiger partial charge in [-0.2, -0.15) is 0 Å². The van der Waals surface area contributed by atoms with E-state index in [-0.39, 0.29) is 5.78 Å². The van der Waals surface area contributed by atoms with Gasteiger partial charge in [0, 0.05) is 6.42 Å². The minimum absolute atomic E-state index is 0.107. The SMILES string of the molecule is CC(C)CCCC(=O)c1ccc(N)cn1. The highest BCUT2D eigenvalue weighted by Crippen LogP contribution is 2.10. The van der Waals surface area contributed by atoms with Crippen molar-refractivity contribution in [1.29, 1.82) is 0 Å². The second-order valence-corrected chi connectivity index (χ2v) is 4.19. The Bertz CT molecular complexity index is 317. The van der Waals surface area contributed by atoms with Crippen molar-refractivity contribution in [1.82, 2.24) is 4.98 Å². The topological polar surface area (TPSA) is 56.0 Å². The fourth-order valence-electron chi connectivity index (χ4n) is 1.37. The molecule has 2 N–H and O–H groups in total. The molecule has 0 saturated carbocycles. The van der Waals surface area contributed by atoms with Gasteiger partial charge in [0.15, 0.2) is 5.78 Å². The number of rotatable bonds is 5. The van der Waals surface area contributed by atoms with Gasteiger partial charge >= 0.3 is 0 Å². The summed E-state index contributed by atoms with van der Waals surface area (Å²) >= 11 is 0. The highest BCUT2D eigenvalue weighted by molar-refractivity contribution is 5.94. The normalized spacial score (nSPS) is 10.6. The summed E-state index contributed by atoms with van der Waals surface area (Å²) in [5, 5.41) is 0. The molecule has 1 aromatic rings. The molecule has 0 aromatic carbocycles. The number of hydrogen-bond donors (Lipinski definition) is 1. The van der Waals surface area contributed by atoms with Crippen molar-refractivity contribution >= 4 is 11.5 Å². The van der Waals surface area contributed by atoms with E-state index in [0.29, 0.717) is 23.7 Å². The number of nitrogens with two attached hydrogens (primary N) is 1. The molecule has 0 aliphatic carbocycles. The van der Waals surface area contributed by atoms with E-state index >= 15 is 0 Å². The van der Waals surface area contributed by atoms with Gasteiger partial charge in [0.2, 0.25) is 0 Å². The van der Waals surface area contributed by atoms with Crippen LogP contribution in [0.15, 0.2) is 18.3 Å². The number of carbonyl (C=O) groups is 1. The van der Waals surface area contributed by atoms with Crippen molar-refractivity contribution in [3.05, 3.63) is 24.0 Å². The first-order valence-corrected chi connectivity index (χ1v) is 5.34. The minimum atomic E-state index is 0.107. The van der Waals surface area contributed by atoms with E-state index in [1.165, 1.54) is 6.20 Å². The van der Waals surface area contributed by atoms with E-state index in [1.54, 1.807) is 12.1 Å². The number of aromatic nitrogens is 1. The molecule has 3 nitrogen and oxygen atoms in total. The van der Waals surface area contributed by atoms with Crippen LogP contribution in [0.5, 0.6) is 0 Å². The van der Waals surface area contributed by atoms with Crippen LogP contribution in [0.4, 0.5) is 5.69 Å². The molecule has 3 heteroatoms. The highest BCUT2D eigenvalue weighted by atomic mass is 16.1. The van der Waals surface area contributed by atoms with Gasteiger partial charge in [-0.25, -0.2) is 0 Å². The van der Waals surface area contributed by atoms with Crippen molar-refractivity contribution in [2.45, 2.75) is 33.1 Å². The zero-order valence-corrected chi connectivity index (χ0v) is 9.36. The number of hydrogen-bond acceptors (Lipinski definition) is 3. The molecule has 0 radical (unpaired) electrons. The van der Waals surface area contributed by atoms with Crippen LogP contribution in [0.1, 0.15) is 43.6 Å². The van der Waals surface area contributed by atoms with Crippen LogP contribution in [0.25, 0.3) is 0 Å². The number of nitrogens with zero attached hydrogens (tertiary/aromatic N) is 1. The van der Waals surface area contributed by atoms with Crippen LogP contribution in [-0.4, -0.2) is 10.8 Å². The van der Waals surface area contributed by atoms with E-state index in [4.69, 9.17) is 5.73 Å². The summed E-state index contributed by atoms with van der Waals surface area (Å²) in [6.45, 7) is 4.32. The number of anilines is 1. The first-order valence-electron chi connectivity index (χ1n) is 5.34. The van der Waals surface area contributed by atoms with Crippen molar-refractivity contribution in [2.75, 3.05) is 5.73 Å². The third-order valence-electron chi connectivity index (χ3n) is 2.26. The van der Waals surface area contributed by atoms with Crippen LogP contribution >= 0.6 is 0 Å². The van der Waals surface area contributed by atoms with Crippen molar-refractivity contribution in [3.63, 3.8) is 0 Å². The summed E-state index contributed by atoms with van der Waals surface area (Å²) in [4.78, 5) is 15.6. The molecular formula is C12H18N2O. The lowest BCUT2D eigenvalue weighted by Crippen LogP contribution is -2.03. The van der Waals surface area contributed by atoms with Gasteiger partial charge in [-0.1, -0.05) is 20.3 Å². The fourth-order valence-corrected chi connectivity index (χ4v) is 1.37. The van der Waals surface area contributed by atoms with E-state index in [9.17, 15) is 4.79 Å². The van der Waals surface area contributed by atoms with Crippen molar-refractivity contribution in [2.24, 2.45) is 5.92 Å². The Morgan fingerprint density at radius 2 is 2.20 bits per heavy atom. The number of carbonyl (C=O) groups excluding carboxylic acids is 1. The lowest BCUT2D eigenvalue weighted by Gasteiger charge is -2.03. The second kappa shape index (κ2) is 5.49. The smallest absolute Gasteiger partial charge is 0.181 e. The fraction of sp³-hybridized carbons (Fsp3) is 0.500. The third kappa shape index (κ3) is 4.11. The third-order valence-corrected chi connectivity index (χ3v) is 2.26. The van der Waals surface area contributed by atoms with Gasteiger partial charge in [0.1, 0.15) is 5.69 Å². The van der Waals surface area contributed by atoms with Crippen LogP contribution in [-0.2, 0) is 0 Å². The summed E-state index contributed by atoms with van der Waals surface area (Å²) in [5.74, 6) is 0.757. The standard InChI is InChI=1S/C12H18N2O/c1-9(2)4-3-5-12(15)11-7-6-10(13)8-14-11/h6-9H,3-5,13H2,1-2H3. The summed E-state index contributed by atoms with van der Waals surface area (Å²) in [7, 11) is 0. The molecule has 0 amide bonds. The van der Waals surface area contributed by atoms with Gasteiger partial charge in [-0.3, -0.25) is 9.78 Å². The van der Waals surface area contributed by atoms with E-state index < -0.39 is 0 Å². The molecule has 1 rings (SSSR count). The van der Waals surface area contributed by atoms with Gasteiger partial charge in [-0.05, 0) is 24.5 Å². The largest absolute Gasteiger partial charge is 0.397 e. The maximum atomic E-state index is 11.6. The molecule has 15 heavy (non-hydrogen) atoms. The Balaban J connectivity index is 2.43. The monoisotopic (exact) mass is 206 g/mol. The van der Waals surface area contributed by atoms with Gasteiger partial charge in [0.05, 0.1) is 11.9 Å². The van der Waals surface area contributed by atoms with Crippen LogP contribution in [0.2, 0.25) is 0 Å². The zero-order chi connectivity index (χ0) is 11.3. The summed E-state index contributed by atoms with van der Waals surface area (Å²) in [6, 6.07) is 3.40. The van der Waals surface area contributed by atoms with Crippen LogP contribution in [0.3, 0.4) is 0 Å². The quantitative estimate of drug-likeness (QED) is 0.753. The van der Waals surface area contributed by atoms with E-state index in [0.717, 1.165) is 12.8 Å². The molecule has 82 valence electrons. The first-order chi connectivity index (χ1) is 7.09. The van der Waals surface area contributed by atoms with Gasteiger partial charge in [-0.15, -0.1) is 0 Å². The number of ketones is 1. The lowest BCUT2D eigenvalue weighted by atomic mass is 10.0. The predicted molar refractivity (Wildman–Crippen MR) is 61.7 cm³/mol. The maximum Gasteiger partial charge on any atom is 0.181 e. The average molecular weight is 206 g/mol. The Kier molecular flexibility index (Phi) is 4.28. The number of pyridine rings is 1. The van der Waals surface area contributed by atoms with Gasteiger partial charge in [0.25, 0.3) is 0 Å². The molecule has 0 spiro atoms. The Morgan fingerprint density at radius 3 is 2.73 bits per heavy atom. The highest BCUT2D eigenvalue weighted by Gasteiger charge is 2.06. The molecule has 0 aliphatic rings. The van der Waals surface area contributed by atoms with E-state index in [2.05, 4.69) is 18.8 Å². The molecule has 0 saturated heterocycles. The van der Waals surface area contributed by atoms with E-state index in [1.807, 2.05) is 0 Å². The molecule has 1 aromatic heterocycles. The van der Waals surface area contributed by atoms with Crippen molar-refractivity contribution in [3.8, 4) is 0 Å². The minimum Gasteiger partial charge on any atom is -0.397 e. The second-order valence-electron chi connectivity index (χ2n) is 4.19. The zero-order valence-electron chi connectivity index (χ0n) is 9.36. The molecule has 1 heterocycles. The van der Waals surface area contributed by atoms with Crippen LogP contribution in [0, 0.1) is 5.92 Å². The first kappa shape index (κ1) is 11.7. The number of nitrogen functional groups attached to an aromatic ring is 1. The molecule has 0 bridgehead atoms. The Labute approximate surface area is 90.7 Å². The predicted octanol–water partition coefficient (Wildman–Crippen LogP) is 2.67. The molecular weight excluding hydrogens is 188 g/mol. The molecule has 0 aliphatic heterocycles. The lowest BCUT2D eigenvalue weighted by molar-refractivity contribution is 0.0973. The Hall–Kier alpha value is -1.38. The number of Topliss-reactive ketones (excluding diaryl/α,β-unsaturated/α-hetero) is 1. The van der Waals surface area contributed by atoms with Crippen molar-refractivity contribution < 1.29 is 4.79 Å². The van der Waals surface area contributed by atoms with Gasteiger partial charge < -0.3 is 5.73 Å². The maximum absolute atomic E-state index is 11.6. The summed E-state index contributed by atoms with van der Waals surface area (Å²) in [6.07, 6.45) is 4.12. The Morgan fingerprint density at radius 1 is 1.47 bits per heavy atom. The molecule has 0 atom stereocenters. The van der Waals surface area contributed by atoms with Crippen LogP contribution < -0.4 is 5.73 Å². The average Bonchev–Trinajstić information content (AvgIpc) is 2.18. The summed E-state index contributed by atoms with van der Waals surface area (Å²) < 4.78 is 0. The molecule has 0 unspecified atom stereocenters.